The first-order valence-electron chi connectivity index (χ1n) is 4.52. The third-order valence-electron chi connectivity index (χ3n) is 2.89. The Hall–Kier alpha value is -0.480. The van der Waals surface area contributed by atoms with Crippen molar-refractivity contribution in [2.24, 2.45) is 0 Å². The van der Waals surface area contributed by atoms with Crippen molar-refractivity contribution in [3.05, 3.63) is 0 Å². The van der Waals surface area contributed by atoms with Crippen molar-refractivity contribution >= 4 is 17.7 Å². The van der Waals surface area contributed by atoms with E-state index in [2.05, 4.69) is 4.90 Å². The molecule has 4 nitrogen and oxygen atoms in total. The number of nitrogens with zero attached hydrogens (tertiary/aromatic N) is 2. The summed E-state index contributed by atoms with van der Waals surface area (Å²) in [6, 6.07) is 0.443. The van der Waals surface area contributed by atoms with E-state index in [0.29, 0.717) is 5.88 Å². The van der Waals surface area contributed by atoms with Crippen LogP contribution in [-0.4, -0.2) is 58.6 Å². The lowest BCUT2D eigenvalue weighted by molar-refractivity contribution is -0.0487. The molecule has 2 atom stereocenters. The molecule has 3 saturated heterocycles. The summed E-state index contributed by atoms with van der Waals surface area (Å²) in [5.74, 6) is 0.631. The average molecular weight is 205 g/mol. The van der Waals surface area contributed by atoms with E-state index in [-0.39, 0.29) is 12.1 Å². The molecule has 2 bridgehead atoms. The van der Waals surface area contributed by atoms with E-state index in [1.165, 1.54) is 0 Å². The first kappa shape index (κ1) is 9.09. The third kappa shape index (κ3) is 1.48. The predicted octanol–water partition coefficient (Wildman–Crippen LogP) is 0.662. The van der Waals surface area contributed by atoms with E-state index in [1.54, 1.807) is 4.90 Å². The molecule has 1 amide bonds. The molecule has 3 aliphatic heterocycles. The van der Waals surface area contributed by atoms with E-state index in [9.17, 15) is 4.79 Å². The molecule has 3 heterocycles. The quantitative estimate of drug-likeness (QED) is 0.673. The highest BCUT2D eigenvalue weighted by atomic mass is 35.5. The van der Waals surface area contributed by atoms with Crippen molar-refractivity contribution in [1.82, 2.24) is 9.80 Å². The van der Waals surface area contributed by atoms with E-state index in [0.717, 1.165) is 26.1 Å². The van der Waals surface area contributed by atoms with Gasteiger partial charge in [0.05, 0.1) is 12.1 Å². The summed E-state index contributed by atoms with van der Waals surface area (Å²) in [5, 5.41) is 8.84. The van der Waals surface area contributed by atoms with Crippen LogP contribution in [0.3, 0.4) is 0 Å². The lowest BCUT2D eigenvalue weighted by Crippen LogP contribution is -2.69. The normalized spacial score (nSPS) is 32.8. The highest BCUT2D eigenvalue weighted by Gasteiger charge is 2.46. The number of carboxylic acid groups (broad SMARTS) is 1. The maximum atomic E-state index is 10.7. The number of fused-ring (bicyclic) bond motifs is 2. The summed E-state index contributed by atoms with van der Waals surface area (Å²) in [5.41, 5.74) is 0. The average Bonchev–Trinajstić information content (AvgIpc) is 2.03. The van der Waals surface area contributed by atoms with Crippen LogP contribution in [-0.2, 0) is 0 Å². The monoisotopic (exact) mass is 204 g/mol. The topological polar surface area (TPSA) is 43.8 Å². The summed E-state index contributed by atoms with van der Waals surface area (Å²) in [7, 11) is 0. The number of alkyl halides is 1. The van der Waals surface area contributed by atoms with Crippen molar-refractivity contribution in [1.29, 1.82) is 0 Å². The smallest absolute Gasteiger partial charge is 0.407 e. The second-order valence-electron chi connectivity index (χ2n) is 3.68. The molecule has 5 heteroatoms. The lowest BCUT2D eigenvalue weighted by Gasteiger charge is -2.54. The molecule has 0 saturated carbocycles. The van der Waals surface area contributed by atoms with Gasteiger partial charge in [-0.05, 0) is 6.42 Å². The Morgan fingerprint density at radius 1 is 1.46 bits per heavy atom. The number of piperidine rings is 1. The minimum absolute atomic E-state index is 0.222. The van der Waals surface area contributed by atoms with Crippen LogP contribution in [0.1, 0.15) is 6.42 Å². The molecule has 0 spiro atoms. The van der Waals surface area contributed by atoms with E-state index in [1.807, 2.05) is 0 Å². The Morgan fingerprint density at radius 3 is 2.54 bits per heavy atom. The highest BCUT2D eigenvalue weighted by Crippen LogP contribution is 2.31. The minimum Gasteiger partial charge on any atom is -0.465 e. The number of piperazine rings is 1. The summed E-state index contributed by atoms with van der Waals surface area (Å²) in [6.45, 7) is 2.59. The van der Waals surface area contributed by atoms with Crippen LogP contribution in [0, 0.1) is 0 Å². The maximum absolute atomic E-state index is 10.7. The number of halogens is 1. The van der Waals surface area contributed by atoms with Crippen LogP contribution < -0.4 is 0 Å². The van der Waals surface area contributed by atoms with E-state index >= 15 is 0 Å². The van der Waals surface area contributed by atoms with Gasteiger partial charge in [-0.1, -0.05) is 0 Å². The molecule has 3 aliphatic rings. The first-order chi connectivity index (χ1) is 6.22. The van der Waals surface area contributed by atoms with Gasteiger partial charge < -0.3 is 5.11 Å². The molecule has 0 aromatic carbocycles. The molecule has 13 heavy (non-hydrogen) atoms. The summed E-state index contributed by atoms with van der Waals surface area (Å²) in [6.07, 6.45) is 0.261. The number of hydrogen-bond acceptors (Lipinski definition) is 2. The predicted molar refractivity (Wildman–Crippen MR) is 49.2 cm³/mol. The third-order valence-corrected chi connectivity index (χ3v) is 3.06. The van der Waals surface area contributed by atoms with Gasteiger partial charge in [0.25, 0.3) is 0 Å². The lowest BCUT2D eigenvalue weighted by atomic mass is 9.88. The Morgan fingerprint density at radius 2 is 2.08 bits per heavy atom. The van der Waals surface area contributed by atoms with Gasteiger partial charge in [-0.15, -0.1) is 11.6 Å². The van der Waals surface area contributed by atoms with Gasteiger partial charge in [0.15, 0.2) is 0 Å². The zero-order valence-corrected chi connectivity index (χ0v) is 8.07. The number of hydrogen-bond donors (Lipinski definition) is 1. The minimum atomic E-state index is -0.772. The summed E-state index contributed by atoms with van der Waals surface area (Å²) in [4.78, 5) is 14.6. The Balaban J connectivity index is 1.90. The van der Waals surface area contributed by atoms with Crippen LogP contribution >= 0.6 is 11.6 Å². The molecular weight excluding hydrogens is 192 g/mol. The number of amides is 1. The number of rotatable bonds is 2. The Bertz CT molecular complexity index is 212. The van der Waals surface area contributed by atoms with Crippen LogP contribution in [0.15, 0.2) is 0 Å². The van der Waals surface area contributed by atoms with E-state index in [4.69, 9.17) is 16.7 Å². The molecule has 0 radical (unpaired) electrons. The van der Waals surface area contributed by atoms with Crippen molar-refractivity contribution in [2.75, 3.05) is 25.5 Å². The van der Waals surface area contributed by atoms with Gasteiger partial charge in [0.2, 0.25) is 0 Å². The maximum Gasteiger partial charge on any atom is 0.407 e. The highest BCUT2D eigenvalue weighted by molar-refractivity contribution is 6.18. The van der Waals surface area contributed by atoms with Gasteiger partial charge in [0, 0.05) is 25.5 Å². The van der Waals surface area contributed by atoms with Crippen LogP contribution in [0.2, 0.25) is 0 Å². The molecule has 1 N–H and O–H groups in total. The molecule has 0 aromatic rings. The van der Waals surface area contributed by atoms with Gasteiger partial charge in [0.1, 0.15) is 0 Å². The first-order valence-corrected chi connectivity index (χ1v) is 5.05. The Kier molecular flexibility index (Phi) is 2.34. The second-order valence-corrected chi connectivity index (χ2v) is 4.06. The van der Waals surface area contributed by atoms with Crippen LogP contribution in [0.4, 0.5) is 4.79 Å². The molecule has 0 aromatic heterocycles. The zero-order chi connectivity index (χ0) is 9.42. The summed E-state index contributed by atoms with van der Waals surface area (Å²) < 4.78 is 0. The molecule has 2 unspecified atom stereocenters. The van der Waals surface area contributed by atoms with Crippen molar-refractivity contribution < 1.29 is 9.90 Å². The molecule has 3 rings (SSSR count). The largest absolute Gasteiger partial charge is 0.465 e. The van der Waals surface area contributed by atoms with Crippen molar-refractivity contribution in [2.45, 2.75) is 18.5 Å². The second kappa shape index (κ2) is 3.35. The zero-order valence-electron chi connectivity index (χ0n) is 7.32. The molecule has 0 aliphatic carbocycles. The van der Waals surface area contributed by atoms with Gasteiger partial charge in [-0.3, -0.25) is 9.80 Å². The SMILES string of the molecule is O=C(O)N1C2CC1CN(CCCl)C2. The molecular formula is C8H13ClN2O2. The summed E-state index contributed by atoms with van der Waals surface area (Å²) >= 11 is 5.62. The molecule has 3 fully saturated rings. The fourth-order valence-electron chi connectivity index (χ4n) is 2.31. The number of carbonyl (C=O) groups is 1. The van der Waals surface area contributed by atoms with E-state index < -0.39 is 6.09 Å². The fraction of sp³-hybridized carbons (Fsp3) is 0.875. The van der Waals surface area contributed by atoms with Gasteiger partial charge in [-0.25, -0.2) is 4.79 Å². The standard InChI is InChI=1S/C8H13ClN2O2/c9-1-2-10-4-6-3-7(5-10)11(6)8(12)13/h6-7H,1-5H2,(H,12,13). The molecule has 74 valence electrons. The van der Waals surface area contributed by atoms with Crippen molar-refractivity contribution in [3.63, 3.8) is 0 Å². The fourth-order valence-corrected chi connectivity index (χ4v) is 2.55. The van der Waals surface area contributed by atoms with Crippen molar-refractivity contribution in [3.8, 4) is 0 Å². The van der Waals surface area contributed by atoms with Crippen LogP contribution in [0.5, 0.6) is 0 Å². The van der Waals surface area contributed by atoms with Crippen LogP contribution in [0.25, 0.3) is 0 Å². The Labute approximate surface area is 82.1 Å². The van der Waals surface area contributed by atoms with Gasteiger partial charge in [-0.2, -0.15) is 0 Å². The van der Waals surface area contributed by atoms with Gasteiger partial charge >= 0.3 is 6.09 Å².